The van der Waals surface area contributed by atoms with Crippen LogP contribution in [0.1, 0.15) is 24.5 Å². The minimum atomic E-state index is -1.04. The van der Waals surface area contributed by atoms with Crippen molar-refractivity contribution in [2.45, 2.75) is 19.3 Å². The molecule has 1 aromatic rings. The van der Waals surface area contributed by atoms with E-state index in [1.54, 1.807) is 0 Å². The van der Waals surface area contributed by atoms with Crippen molar-refractivity contribution in [3.63, 3.8) is 0 Å². The van der Waals surface area contributed by atoms with Crippen LogP contribution < -0.4 is 10.5 Å². The minimum absolute atomic E-state index is 0.453. The third-order valence-electron chi connectivity index (χ3n) is 3.03. The lowest BCUT2D eigenvalue weighted by Gasteiger charge is -2.19. The molecule has 0 amide bonds. The zero-order valence-electron chi connectivity index (χ0n) is 10.3. The number of hydrogen-bond donors (Lipinski definition) is 1. The number of hydrogen-bond acceptors (Lipinski definition) is 5. The maximum Gasteiger partial charge on any atom is 0.300 e. The Hall–Kier alpha value is -1.59. The summed E-state index contributed by atoms with van der Waals surface area (Å²) in [6.07, 6.45) is 0.966. The van der Waals surface area contributed by atoms with Crippen molar-refractivity contribution in [3.8, 4) is 5.75 Å². The van der Waals surface area contributed by atoms with Gasteiger partial charge in [-0.1, -0.05) is 6.92 Å². The van der Waals surface area contributed by atoms with E-state index in [4.69, 9.17) is 19.9 Å². The summed E-state index contributed by atoms with van der Waals surface area (Å²) in [7, 11) is 0. The summed E-state index contributed by atoms with van der Waals surface area (Å²) in [6, 6.07) is 5.70. The second kappa shape index (κ2) is 4.26. The number of ether oxygens (including phenoxy) is 3. The molecule has 0 unspecified atom stereocenters. The van der Waals surface area contributed by atoms with E-state index in [1.807, 2.05) is 18.2 Å². The van der Waals surface area contributed by atoms with E-state index in [1.165, 1.54) is 0 Å². The van der Waals surface area contributed by atoms with Gasteiger partial charge in [-0.25, -0.2) is 4.99 Å². The molecular formula is C13H16N2O3. The molecule has 0 aliphatic carbocycles. The molecule has 1 aromatic carbocycles. The molecular weight excluding hydrogens is 232 g/mol. The van der Waals surface area contributed by atoms with E-state index in [0.717, 1.165) is 23.3 Å². The Kier molecular flexibility index (Phi) is 2.72. The molecule has 18 heavy (non-hydrogen) atoms. The molecule has 1 spiro atoms. The van der Waals surface area contributed by atoms with Crippen LogP contribution in [0.3, 0.4) is 0 Å². The maximum atomic E-state index is 5.90. The summed E-state index contributed by atoms with van der Waals surface area (Å²) in [5, 5.41) is 0. The summed E-state index contributed by atoms with van der Waals surface area (Å²) in [6.45, 7) is 3.80. The lowest BCUT2D eigenvalue weighted by atomic mass is 10.1. The van der Waals surface area contributed by atoms with Gasteiger partial charge >= 0.3 is 5.91 Å². The Balaban J connectivity index is 1.98. The minimum Gasteiger partial charge on any atom is -0.494 e. The first-order chi connectivity index (χ1) is 8.75. The lowest BCUT2D eigenvalue weighted by Crippen LogP contribution is -2.22. The fourth-order valence-corrected chi connectivity index (χ4v) is 2.22. The van der Waals surface area contributed by atoms with E-state index in [2.05, 4.69) is 11.9 Å². The predicted octanol–water partition coefficient (Wildman–Crippen LogP) is 1.35. The van der Waals surface area contributed by atoms with Crippen LogP contribution in [-0.2, 0) is 15.4 Å². The van der Waals surface area contributed by atoms with Gasteiger partial charge in [-0.3, -0.25) is 0 Å². The standard InChI is InChI=1S/C13H16N2O3/c1-2-5-16-9-3-4-10-11(8-9)13(15-12(10)14)17-6-7-18-13/h3-4,8H,2,5-7H2,1H3,(H2,14,15). The molecule has 1 fully saturated rings. The van der Waals surface area contributed by atoms with Crippen LogP contribution >= 0.6 is 0 Å². The Morgan fingerprint density at radius 1 is 1.39 bits per heavy atom. The number of benzene rings is 1. The molecule has 5 nitrogen and oxygen atoms in total. The van der Waals surface area contributed by atoms with E-state index < -0.39 is 5.91 Å². The van der Waals surface area contributed by atoms with Crippen LogP contribution in [0.5, 0.6) is 5.75 Å². The van der Waals surface area contributed by atoms with Gasteiger partial charge in [-0.15, -0.1) is 0 Å². The first-order valence-corrected chi connectivity index (χ1v) is 6.16. The van der Waals surface area contributed by atoms with Crippen molar-refractivity contribution in [3.05, 3.63) is 29.3 Å². The molecule has 3 rings (SSSR count). The predicted molar refractivity (Wildman–Crippen MR) is 66.5 cm³/mol. The lowest BCUT2D eigenvalue weighted by molar-refractivity contribution is -0.155. The quantitative estimate of drug-likeness (QED) is 0.877. The highest BCUT2D eigenvalue weighted by Crippen LogP contribution is 2.41. The molecule has 1 saturated heterocycles. The molecule has 0 radical (unpaired) electrons. The van der Waals surface area contributed by atoms with Crippen molar-refractivity contribution in [1.82, 2.24) is 0 Å². The summed E-state index contributed by atoms with van der Waals surface area (Å²) >= 11 is 0. The fraction of sp³-hybridized carbons (Fsp3) is 0.462. The van der Waals surface area contributed by atoms with E-state index >= 15 is 0 Å². The summed E-state index contributed by atoms with van der Waals surface area (Å²) in [5.74, 6) is 0.207. The Morgan fingerprint density at radius 3 is 2.89 bits per heavy atom. The van der Waals surface area contributed by atoms with Crippen LogP contribution in [0.2, 0.25) is 0 Å². The van der Waals surface area contributed by atoms with Gasteiger partial charge in [-0.05, 0) is 24.6 Å². The molecule has 2 aliphatic heterocycles. The van der Waals surface area contributed by atoms with Crippen LogP contribution in [-0.4, -0.2) is 25.7 Å². The third kappa shape index (κ3) is 1.67. The maximum absolute atomic E-state index is 5.90. The fourth-order valence-electron chi connectivity index (χ4n) is 2.22. The van der Waals surface area contributed by atoms with Crippen molar-refractivity contribution >= 4 is 5.84 Å². The van der Waals surface area contributed by atoms with Gasteiger partial charge in [0, 0.05) is 5.56 Å². The number of nitrogens with zero attached hydrogens (tertiary/aromatic N) is 1. The van der Waals surface area contributed by atoms with Gasteiger partial charge in [0.05, 0.1) is 25.4 Å². The average molecular weight is 248 g/mol. The smallest absolute Gasteiger partial charge is 0.300 e. The highest BCUT2D eigenvalue weighted by atomic mass is 16.8. The molecule has 2 aliphatic rings. The number of amidine groups is 1. The zero-order chi connectivity index (χ0) is 12.6. The molecule has 2 heterocycles. The van der Waals surface area contributed by atoms with Gasteiger partial charge in [0.2, 0.25) is 0 Å². The first kappa shape index (κ1) is 11.5. The van der Waals surface area contributed by atoms with Crippen LogP contribution in [0, 0.1) is 0 Å². The van der Waals surface area contributed by atoms with Gasteiger partial charge in [0.15, 0.2) is 0 Å². The van der Waals surface area contributed by atoms with Gasteiger partial charge in [-0.2, -0.15) is 0 Å². The highest BCUT2D eigenvalue weighted by molar-refractivity contribution is 6.01. The normalized spacial score (nSPS) is 19.9. The molecule has 0 saturated carbocycles. The second-order valence-electron chi connectivity index (χ2n) is 4.33. The monoisotopic (exact) mass is 248 g/mol. The zero-order valence-corrected chi connectivity index (χ0v) is 10.3. The summed E-state index contributed by atoms with van der Waals surface area (Å²) < 4.78 is 16.8. The van der Waals surface area contributed by atoms with Crippen molar-refractivity contribution < 1.29 is 14.2 Å². The largest absolute Gasteiger partial charge is 0.494 e. The van der Waals surface area contributed by atoms with Crippen LogP contribution in [0.4, 0.5) is 0 Å². The van der Waals surface area contributed by atoms with Crippen molar-refractivity contribution in [1.29, 1.82) is 0 Å². The highest BCUT2D eigenvalue weighted by Gasteiger charge is 2.45. The van der Waals surface area contributed by atoms with Gasteiger partial charge in [0.1, 0.15) is 11.6 Å². The van der Waals surface area contributed by atoms with E-state index in [0.29, 0.717) is 25.7 Å². The van der Waals surface area contributed by atoms with Crippen LogP contribution in [0.25, 0.3) is 0 Å². The van der Waals surface area contributed by atoms with Crippen molar-refractivity contribution in [2.75, 3.05) is 19.8 Å². The molecule has 96 valence electrons. The second-order valence-corrected chi connectivity index (χ2v) is 4.33. The number of aliphatic imine (C=N–C) groups is 1. The Bertz CT molecular complexity index is 493. The first-order valence-electron chi connectivity index (χ1n) is 6.16. The van der Waals surface area contributed by atoms with E-state index in [9.17, 15) is 0 Å². The topological polar surface area (TPSA) is 66.1 Å². The molecule has 5 heteroatoms. The molecule has 0 aromatic heterocycles. The Morgan fingerprint density at radius 2 is 2.17 bits per heavy atom. The summed E-state index contributed by atoms with van der Waals surface area (Å²) in [5.41, 5.74) is 7.60. The number of rotatable bonds is 3. The SMILES string of the molecule is CCCOc1ccc2c(c1)C1(N=C2N)OCCO1. The average Bonchev–Trinajstić information content (AvgIpc) is 2.95. The number of nitrogens with two attached hydrogens (primary N) is 1. The summed E-state index contributed by atoms with van der Waals surface area (Å²) in [4.78, 5) is 4.30. The Labute approximate surface area is 106 Å². The van der Waals surface area contributed by atoms with Crippen LogP contribution in [0.15, 0.2) is 23.2 Å². The number of fused-ring (bicyclic) bond motifs is 2. The van der Waals surface area contributed by atoms with Crippen molar-refractivity contribution in [2.24, 2.45) is 10.7 Å². The van der Waals surface area contributed by atoms with Gasteiger partial charge in [0.25, 0.3) is 0 Å². The van der Waals surface area contributed by atoms with E-state index in [-0.39, 0.29) is 0 Å². The van der Waals surface area contributed by atoms with Gasteiger partial charge < -0.3 is 19.9 Å². The molecule has 2 N–H and O–H groups in total. The third-order valence-corrected chi connectivity index (χ3v) is 3.03. The molecule has 0 bridgehead atoms. The molecule has 0 atom stereocenters.